The van der Waals surface area contributed by atoms with Gasteiger partial charge in [0.25, 0.3) is 0 Å². The van der Waals surface area contributed by atoms with Crippen LogP contribution in [0.5, 0.6) is 11.6 Å². The number of carboxylic acid groups (broad SMARTS) is 1. The Hall–Kier alpha value is -2.28. The van der Waals surface area contributed by atoms with Gasteiger partial charge in [0, 0.05) is 6.26 Å². The van der Waals surface area contributed by atoms with Crippen LogP contribution in [0.2, 0.25) is 0 Å². The van der Waals surface area contributed by atoms with E-state index < -0.39 is 6.09 Å². The predicted molar refractivity (Wildman–Crippen MR) is 77.3 cm³/mol. The average Bonchev–Trinajstić information content (AvgIpc) is 2.43. The smallest absolute Gasteiger partial charge is 0.422 e. The van der Waals surface area contributed by atoms with Crippen LogP contribution in [-0.4, -0.2) is 27.4 Å². The lowest BCUT2D eigenvalue weighted by Gasteiger charge is -2.18. The third-order valence-electron chi connectivity index (χ3n) is 2.53. The van der Waals surface area contributed by atoms with Gasteiger partial charge in [0.15, 0.2) is 0 Å². The summed E-state index contributed by atoms with van der Waals surface area (Å²) in [5.41, 5.74) is 1.22. The molecule has 7 heteroatoms. The van der Waals surface area contributed by atoms with Gasteiger partial charge in [0.05, 0.1) is 6.20 Å². The van der Waals surface area contributed by atoms with E-state index in [-0.39, 0.29) is 11.6 Å². The zero-order valence-corrected chi connectivity index (χ0v) is 11.8. The maximum Gasteiger partial charge on any atom is 0.422 e. The van der Waals surface area contributed by atoms with Crippen molar-refractivity contribution in [2.75, 3.05) is 10.6 Å². The highest BCUT2D eigenvalue weighted by molar-refractivity contribution is 8.00. The van der Waals surface area contributed by atoms with Crippen LogP contribution < -0.4 is 9.04 Å². The van der Waals surface area contributed by atoms with Crippen molar-refractivity contribution in [3.63, 3.8) is 0 Å². The Morgan fingerprint density at radius 3 is 2.80 bits per heavy atom. The van der Waals surface area contributed by atoms with Crippen molar-refractivity contribution < 1.29 is 14.6 Å². The van der Waals surface area contributed by atoms with Crippen molar-refractivity contribution in [1.29, 1.82) is 0 Å². The fourth-order valence-electron chi connectivity index (χ4n) is 1.58. The lowest BCUT2D eigenvalue weighted by atomic mass is 10.2. The van der Waals surface area contributed by atoms with E-state index in [1.54, 1.807) is 12.3 Å². The van der Waals surface area contributed by atoms with E-state index >= 15 is 0 Å². The number of para-hydroxylation sites is 1. The number of carbonyl (C=O) groups is 1. The van der Waals surface area contributed by atoms with Crippen LogP contribution in [0.3, 0.4) is 0 Å². The Balaban J connectivity index is 2.38. The first kappa shape index (κ1) is 14.1. The van der Waals surface area contributed by atoms with Crippen molar-refractivity contribution in [2.24, 2.45) is 0 Å². The number of aryl methyl sites for hydroxylation is 1. The molecule has 0 spiro atoms. The molecular weight excluding hydrogens is 278 g/mol. The number of amides is 1. The van der Waals surface area contributed by atoms with Crippen molar-refractivity contribution in [1.82, 2.24) is 9.97 Å². The first-order valence-corrected chi connectivity index (χ1v) is 6.92. The standard InChI is InChI=1S/C13H13N3O3S/c1-9-5-3-4-6-11(9)19-12-10(7-14-8-15-12)16(20-2)13(17)18/h3-8H,1-2H3,(H,17,18). The van der Waals surface area contributed by atoms with Gasteiger partial charge in [-0.3, -0.25) is 0 Å². The summed E-state index contributed by atoms with van der Waals surface area (Å²) in [5.74, 6) is 0.824. The average molecular weight is 291 g/mol. The number of benzene rings is 1. The van der Waals surface area contributed by atoms with Gasteiger partial charge in [0.1, 0.15) is 17.8 Å². The highest BCUT2D eigenvalue weighted by Gasteiger charge is 2.20. The molecule has 0 aliphatic rings. The molecule has 0 atom stereocenters. The zero-order chi connectivity index (χ0) is 14.5. The molecule has 0 saturated heterocycles. The fourth-order valence-corrected chi connectivity index (χ4v) is 2.06. The SMILES string of the molecule is CSN(C(=O)O)c1cncnc1Oc1ccccc1C. The molecule has 1 aromatic carbocycles. The van der Waals surface area contributed by atoms with Crippen LogP contribution in [0.15, 0.2) is 36.8 Å². The van der Waals surface area contributed by atoms with E-state index in [1.807, 2.05) is 25.1 Å². The second kappa shape index (κ2) is 6.25. The zero-order valence-electron chi connectivity index (χ0n) is 11.0. The summed E-state index contributed by atoms with van der Waals surface area (Å²) in [6.07, 6.45) is 3.27. The largest absolute Gasteiger partial charge is 0.464 e. The quantitative estimate of drug-likeness (QED) is 0.871. The molecule has 1 aromatic heterocycles. The molecule has 0 fully saturated rings. The van der Waals surface area contributed by atoms with Crippen molar-refractivity contribution in [3.8, 4) is 11.6 Å². The maximum absolute atomic E-state index is 11.2. The Labute approximate surface area is 120 Å². The molecule has 2 aromatic rings. The molecule has 1 heterocycles. The molecule has 2 rings (SSSR count). The third-order valence-corrected chi connectivity index (χ3v) is 3.25. The second-order valence-corrected chi connectivity index (χ2v) is 4.57. The molecule has 1 N–H and O–H groups in total. The van der Waals surface area contributed by atoms with Crippen molar-refractivity contribution >= 4 is 23.7 Å². The lowest BCUT2D eigenvalue weighted by Crippen LogP contribution is -2.21. The van der Waals surface area contributed by atoms with Crippen LogP contribution >= 0.6 is 11.9 Å². The molecule has 0 aliphatic heterocycles. The number of nitrogens with zero attached hydrogens (tertiary/aromatic N) is 3. The molecule has 0 radical (unpaired) electrons. The second-order valence-electron chi connectivity index (χ2n) is 3.84. The molecule has 104 valence electrons. The van der Waals surface area contributed by atoms with Gasteiger partial charge in [-0.25, -0.2) is 14.1 Å². The number of aromatic nitrogens is 2. The molecule has 20 heavy (non-hydrogen) atoms. The van der Waals surface area contributed by atoms with Gasteiger partial charge < -0.3 is 9.84 Å². The molecule has 1 amide bonds. The first-order valence-electron chi connectivity index (χ1n) is 5.74. The summed E-state index contributed by atoms with van der Waals surface area (Å²) in [5, 5.41) is 9.17. The highest BCUT2D eigenvalue weighted by atomic mass is 32.2. The Kier molecular flexibility index (Phi) is 4.41. The summed E-state index contributed by atoms with van der Waals surface area (Å²) < 4.78 is 6.75. The molecule has 0 aliphatic carbocycles. The van der Waals surface area contributed by atoms with Gasteiger partial charge in [-0.15, -0.1) is 0 Å². The van der Waals surface area contributed by atoms with Gasteiger partial charge in [-0.2, -0.15) is 4.98 Å². The minimum absolute atomic E-state index is 0.200. The van der Waals surface area contributed by atoms with E-state index in [1.165, 1.54) is 12.5 Å². The van der Waals surface area contributed by atoms with Crippen molar-refractivity contribution in [3.05, 3.63) is 42.4 Å². The Morgan fingerprint density at radius 2 is 2.15 bits per heavy atom. The normalized spacial score (nSPS) is 10.1. The maximum atomic E-state index is 11.2. The number of ether oxygens (including phenoxy) is 1. The van der Waals surface area contributed by atoms with E-state index in [0.717, 1.165) is 21.8 Å². The topological polar surface area (TPSA) is 75.6 Å². The van der Waals surface area contributed by atoms with Gasteiger partial charge >= 0.3 is 6.09 Å². The fraction of sp³-hybridized carbons (Fsp3) is 0.154. The van der Waals surface area contributed by atoms with E-state index in [4.69, 9.17) is 9.84 Å². The first-order chi connectivity index (χ1) is 9.63. The molecule has 0 saturated carbocycles. The molecule has 6 nitrogen and oxygen atoms in total. The van der Waals surface area contributed by atoms with E-state index in [9.17, 15) is 4.79 Å². The van der Waals surface area contributed by atoms with Crippen LogP contribution in [0.1, 0.15) is 5.56 Å². The molecule has 0 unspecified atom stereocenters. The Morgan fingerprint density at radius 1 is 1.40 bits per heavy atom. The monoisotopic (exact) mass is 291 g/mol. The number of anilines is 1. The van der Waals surface area contributed by atoms with Crippen LogP contribution in [-0.2, 0) is 0 Å². The molecular formula is C13H13N3O3S. The third kappa shape index (κ3) is 3.00. The predicted octanol–water partition coefficient (Wildman–Crippen LogP) is 3.34. The Bertz CT molecular complexity index is 621. The molecule has 0 bridgehead atoms. The summed E-state index contributed by atoms with van der Waals surface area (Å²) in [7, 11) is 0. The van der Waals surface area contributed by atoms with E-state index in [2.05, 4.69) is 9.97 Å². The van der Waals surface area contributed by atoms with Gasteiger partial charge in [-0.1, -0.05) is 18.2 Å². The number of hydrogen-bond acceptors (Lipinski definition) is 5. The van der Waals surface area contributed by atoms with Gasteiger partial charge in [-0.05, 0) is 30.5 Å². The summed E-state index contributed by atoms with van der Waals surface area (Å²) in [6.45, 7) is 1.90. The van der Waals surface area contributed by atoms with E-state index in [0.29, 0.717) is 5.75 Å². The summed E-state index contributed by atoms with van der Waals surface area (Å²) in [6, 6.07) is 7.44. The minimum Gasteiger partial charge on any atom is -0.464 e. The van der Waals surface area contributed by atoms with Gasteiger partial charge in [0.2, 0.25) is 5.88 Å². The number of rotatable bonds is 4. The lowest BCUT2D eigenvalue weighted by molar-refractivity contribution is 0.206. The van der Waals surface area contributed by atoms with Crippen molar-refractivity contribution in [2.45, 2.75) is 6.92 Å². The number of hydrogen-bond donors (Lipinski definition) is 1. The highest BCUT2D eigenvalue weighted by Crippen LogP contribution is 2.33. The summed E-state index contributed by atoms with van der Waals surface area (Å²) in [4.78, 5) is 19.1. The van der Waals surface area contributed by atoms with Crippen LogP contribution in [0, 0.1) is 6.92 Å². The minimum atomic E-state index is -1.11. The van der Waals surface area contributed by atoms with Crippen LogP contribution in [0.4, 0.5) is 10.5 Å². The van der Waals surface area contributed by atoms with Crippen LogP contribution in [0.25, 0.3) is 0 Å². The summed E-state index contributed by atoms with van der Waals surface area (Å²) >= 11 is 1.03.